The van der Waals surface area contributed by atoms with Gasteiger partial charge in [-0.1, -0.05) is 12.2 Å². The summed E-state index contributed by atoms with van der Waals surface area (Å²) in [7, 11) is 1.91. The fourth-order valence-electron chi connectivity index (χ4n) is 4.77. The van der Waals surface area contributed by atoms with E-state index in [0.717, 1.165) is 9.15 Å². The molecular formula is C20H30INO6. The number of nitrogens with zero attached hydrogens (tertiary/aromatic N) is 1. The minimum Gasteiger partial charge on any atom is -0.388 e. The van der Waals surface area contributed by atoms with Crippen LogP contribution in [0.5, 0.6) is 0 Å². The van der Waals surface area contributed by atoms with Crippen LogP contribution in [0, 0.1) is 0 Å². The first-order valence-corrected chi connectivity index (χ1v) is 10.8. The third-order valence-corrected chi connectivity index (χ3v) is 7.03. The van der Waals surface area contributed by atoms with Crippen LogP contribution in [0.2, 0.25) is 0 Å². The van der Waals surface area contributed by atoms with E-state index < -0.39 is 36.0 Å². The molecular weight excluding hydrogens is 477 g/mol. The van der Waals surface area contributed by atoms with E-state index in [-0.39, 0.29) is 24.3 Å². The first-order chi connectivity index (χ1) is 12.9. The molecule has 0 unspecified atom stereocenters. The van der Waals surface area contributed by atoms with Crippen LogP contribution in [-0.2, 0) is 18.9 Å². The topological polar surface area (TPSA) is 80.6 Å². The number of aliphatic hydroxyl groups is 2. The van der Waals surface area contributed by atoms with Gasteiger partial charge in [0.05, 0.1) is 12.1 Å². The van der Waals surface area contributed by atoms with E-state index >= 15 is 0 Å². The highest BCUT2D eigenvalue weighted by Gasteiger charge is 2.54. The second kappa shape index (κ2) is 6.98. The molecule has 7 nitrogen and oxygen atoms in total. The number of rotatable bonds is 2. The lowest BCUT2D eigenvalue weighted by molar-refractivity contribution is -0.161. The van der Waals surface area contributed by atoms with E-state index in [1.807, 2.05) is 58.7 Å². The molecule has 4 aliphatic rings. The van der Waals surface area contributed by atoms with Crippen LogP contribution in [-0.4, -0.2) is 82.4 Å². The molecule has 8 heteroatoms. The molecule has 0 radical (unpaired) electrons. The first kappa shape index (κ1) is 21.2. The molecule has 0 amide bonds. The summed E-state index contributed by atoms with van der Waals surface area (Å²) in [5.41, 5.74) is 1.03. The van der Waals surface area contributed by atoms with Crippen molar-refractivity contribution >= 4 is 22.6 Å². The van der Waals surface area contributed by atoms with Crippen molar-refractivity contribution in [2.75, 3.05) is 7.05 Å². The van der Waals surface area contributed by atoms with Crippen LogP contribution in [0.3, 0.4) is 0 Å². The van der Waals surface area contributed by atoms with Crippen LogP contribution >= 0.6 is 22.6 Å². The summed E-state index contributed by atoms with van der Waals surface area (Å²) in [6, 6.07) is -0.632. The normalized spacial score (nSPS) is 46.8. The minimum absolute atomic E-state index is 0.252. The minimum atomic E-state index is -0.772. The Morgan fingerprint density at radius 3 is 1.89 bits per heavy atom. The SMILES string of the molecule is CC1=C[C@H](N(C)[C@H]2C=C(I)[C@H]3OC(C)(C)O[C@H]3[C@@H]2O)[C@@H](O)[C@@H]2OC(C)(C)O[C@H]12. The van der Waals surface area contributed by atoms with Crippen molar-refractivity contribution in [3.05, 3.63) is 21.3 Å². The highest BCUT2D eigenvalue weighted by molar-refractivity contribution is 14.1. The molecule has 0 spiro atoms. The van der Waals surface area contributed by atoms with Crippen LogP contribution in [0.15, 0.2) is 21.3 Å². The standard InChI is InChI=1S/C20H30INO6/c1-9-7-11(13(23)17-15(9)25-19(2,3)27-17)22(6)12-8-10(21)16-18(14(12)24)28-20(4,5)26-16/h7-8,11-18,23-24H,1-6H3/t11-,12-,13+,14+,15+,16+,17-,18-/m0/s1. The van der Waals surface area contributed by atoms with Crippen molar-refractivity contribution in [3.8, 4) is 0 Å². The second-order valence-electron chi connectivity index (χ2n) is 9.13. The van der Waals surface area contributed by atoms with Gasteiger partial charge in [0.15, 0.2) is 11.6 Å². The second-order valence-corrected chi connectivity index (χ2v) is 10.4. The molecule has 2 aliphatic carbocycles. The number of fused-ring (bicyclic) bond motifs is 2. The van der Waals surface area contributed by atoms with E-state index in [9.17, 15) is 10.2 Å². The Balaban J connectivity index is 1.59. The highest BCUT2D eigenvalue weighted by atomic mass is 127. The van der Waals surface area contributed by atoms with Gasteiger partial charge in [0.1, 0.15) is 36.6 Å². The van der Waals surface area contributed by atoms with Crippen LogP contribution in [0.1, 0.15) is 34.6 Å². The summed E-state index contributed by atoms with van der Waals surface area (Å²) >= 11 is 2.25. The smallest absolute Gasteiger partial charge is 0.164 e. The maximum atomic E-state index is 11.1. The number of hydrogen-bond donors (Lipinski definition) is 2. The van der Waals surface area contributed by atoms with E-state index in [0.29, 0.717) is 0 Å². The van der Waals surface area contributed by atoms with Gasteiger partial charge in [0.25, 0.3) is 0 Å². The summed E-state index contributed by atoms with van der Waals surface area (Å²) < 4.78 is 24.9. The Hall–Kier alpha value is -0.0700. The Kier molecular flexibility index (Phi) is 5.28. The largest absolute Gasteiger partial charge is 0.388 e. The molecule has 0 bridgehead atoms. The molecule has 8 atom stereocenters. The fourth-order valence-corrected chi connectivity index (χ4v) is 5.62. The number of ether oxygens (including phenoxy) is 4. The van der Waals surface area contributed by atoms with Gasteiger partial charge in [0.2, 0.25) is 0 Å². The number of likely N-dealkylation sites (N-methyl/N-ethyl adjacent to an activating group) is 1. The summed E-state index contributed by atoms with van der Waals surface area (Å²) in [5, 5.41) is 22.1. The Morgan fingerprint density at radius 1 is 0.857 bits per heavy atom. The van der Waals surface area contributed by atoms with Crippen molar-refractivity contribution in [3.63, 3.8) is 0 Å². The van der Waals surface area contributed by atoms with Gasteiger partial charge in [-0.25, -0.2) is 0 Å². The van der Waals surface area contributed by atoms with Gasteiger partial charge in [-0.2, -0.15) is 0 Å². The predicted octanol–water partition coefficient (Wildman–Crippen LogP) is 1.71. The summed E-state index contributed by atoms with van der Waals surface area (Å²) in [4.78, 5) is 1.99. The van der Waals surface area contributed by atoms with Crippen molar-refractivity contribution in [1.29, 1.82) is 0 Å². The lowest BCUT2D eigenvalue weighted by atomic mass is 9.85. The van der Waals surface area contributed by atoms with Gasteiger partial charge in [-0.15, -0.1) is 0 Å². The molecule has 28 heavy (non-hydrogen) atoms. The van der Waals surface area contributed by atoms with Gasteiger partial charge in [0, 0.05) is 3.58 Å². The fraction of sp³-hybridized carbons (Fsp3) is 0.800. The quantitative estimate of drug-likeness (QED) is 0.435. The Bertz CT molecular complexity index is 649. The molecule has 0 aromatic rings. The monoisotopic (exact) mass is 507 g/mol. The van der Waals surface area contributed by atoms with Gasteiger partial charge in [-0.3, -0.25) is 4.90 Å². The zero-order chi connectivity index (χ0) is 20.6. The Morgan fingerprint density at radius 2 is 1.32 bits per heavy atom. The molecule has 2 fully saturated rings. The zero-order valence-electron chi connectivity index (χ0n) is 17.1. The van der Waals surface area contributed by atoms with Gasteiger partial charge < -0.3 is 29.2 Å². The highest BCUT2D eigenvalue weighted by Crippen LogP contribution is 2.42. The van der Waals surface area contributed by atoms with Crippen molar-refractivity contribution < 1.29 is 29.2 Å². The van der Waals surface area contributed by atoms with Crippen LogP contribution in [0.4, 0.5) is 0 Å². The van der Waals surface area contributed by atoms with E-state index in [1.54, 1.807) is 0 Å². The lowest BCUT2D eigenvalue weighted by Gasteiger charge is -2.44. The molecule has 0 aromatic heterocycles. The maximum Gasteiger partial charge on any atom is 0.164 e. The van der Waals surface area contributed by atoms with Crippen molar-refractivity contribution in [2.24, 2.45) is 0 Å². The van der Waals surface area contributed by atoms with Gasteiger partial charge >= 0.3 is 0 Å². The first-order valence-electron chi connectivity index (χ1n) is 9.75. The zero-order valence-corrected chi connectivity index (χ0v) is 19.3. The van der Waals surface area contributed by atoms with E-state index in [1.165, 1.54) is 0 Å². The summed E-state index contributed by atoms with van der Waals surface area (Å²) in [6.07, 6.45) is 1.09. The molecule has 0 aromatic carbocycles. The maximum absolute atomic E-state index is 11.1. The average Bonchev–Trinajstić information content (AvgIpc) is 3.10. The van der Waals surface area contributed by atoms with Crippen LogP contribution in [0.25, 0.3) is 0 Å². The number of aliphatic hydroxyl groups excluding tert-OH is 2. The molecule has 2 heterocycles. The van der Waals surface area contributed by atoms with E-state index in [4.69, 9.17) is 18.9 Å². The third-order valence-electron chi connectivity index (χ3n) is 6.06. The average molecular weight is 507 g/mol. The predicted molar refractivity (Wildman–Crippen MR) is 111 cm³/mol. The molecule has 2 saturated heterocycles. The van der Waals surface area contributed by atoms with Gasteiger partial charge in [-0.05, 0) is 69.8 Å². The number of halogens is 1. The molecule has 2 aliphatic heterocycles. The summed E-state index contributed by atoms with van der Waals surface area (Å²) in [5.74, 6) is -1.46. The summed E-state index contributed by atoms with van der Waals surface area (Å²) in [6.45, 7) is 9.44. The van der Waals surface area contributed by atoms with Crippen LogP contribution < -0.4 is 0 Å². The molecule has 4 rings (SSSR count). The van der Waals surface area contributed by atoms with Crippen molar-refractivity contribution in [1.82, 2.24) is 4.90 Å². The Labute approximate surface area is 179 Å². The third kappa shape index (κ3) is 3.49. The van der Waals surface area contributed by atoms with E-state index in [2.05, 4.69) is 22.6 Å². The number of hydrogen-bond acceptors (Lipinski definition) is 7. The molecule has 2 N–H and O–H groups in total. The molecule has 158 valence electrons. The van der Waals surface area contributed by atoms with Crippen molar-refractivity contribution in [2.45, 2.75) is 94.9 Å². The molecule has 0 saturated carbocycles. The lowest BCUT2D eigenvalue weighted by Crippen LogP contribution is -2.60.